The van der Waals surface area contributed by atoms with Crippen LogP contribution in [0.15, 0.2) is 48.5 Å². The lowest BCUT2D eigenvalue weighted by atomic mass is 9.84. The predicted octanol–water partition coefficient (Wildman–Crippen LogP) is 5.69. The molecule has 0 bridgehead atoms. The second-order valence-corrected chi connectivity index (χ2v) is 7.67. The highest BCUT2D eigenvalue weighted by Crippen LogP contribution is 2.35. The Kier molecular flexibility index (Phi) is 5.43. The van der Waals surface area contributed by atoms with Crippen molar-refractivity contribution in [1.29, 1.82) is 0 Å². The number of rotatable bonds is 4. The quantitative estimate of drug-likeness (QED) is 0.312. The molecule has 1 N–H and O–H groups in total. The fourth-order valence-corrected chi connectivity index (χ4v) is 3.27. The molecule has 170 valence electrons. The van der Waals surface area contributed by atoms with Gasteiger partial charge in [0.15, 0.2) is 11.5 Å². The molecule has 4 aromatic heterocycles. The Bertz CT molecular complexity index is 1330. The number of pyridine rings is 3. The first-order valence-corrected chi connectivity index (χ1v) is 9.57. The summed E-state index contributed by atoms with van der Waals surface area (Å²) in [6.07, 6.45) is -4.93. The molecule has 4 rings (SSSR count). The van der Waals surface area contributed by atoms with Crippen LogP contribution < -0.4 is 0 Å². The van der Waals surface area contributed by atoms with Crippen molar-refractivity contribution in [2.75, 3.05) is 0 Å². The van der Waals surface area contributed by atoms with Crippen molar-refractivity contribution in [2.24, 2.45) is 0 Å². The molecule has 11 heteroatoms. The molecule has 4 heterocycles. The topological polar surface area (TPSA) is 67.3 Å². The lowest BCUT2D eigenvalue weighted by Gasteiger charge is -2.24. The van der Waals surface area contributed by atoms with Gasteiger partial charge >= 0.3 is 6.18 Å². The van der Waals surface area contributed by atoms with Gasteiger partial charge in [0.25, 0.3) is 0 Å². The van der Waals surface area contributed by atoms with Crippen LogP contribution in [0.25, 0.3) is 22.6 Å². The van der Waals surface area contributed by atoms with Crippen molar-refractivity contribution >= 4 is 0 Å². The summed E-state index contributed by atoms with van der Waals surface area (Å²) in [5, 5.41) is 5.11. The average Bonchev–Trinajstić information content (AvgIpc) is 3.16. The Morgan fingerprint density at radius 2 is 1.36 bits per heavy atom. The zero-order valence-electron chi connectivity index (χ0n) is 17.2. The van der Waals surface area contributed by atoms with Gasteiger partial charge in [-0.05, 0) is 50.2 Å². The van der Waals surface area contributed by atoms with E-state index in [0.717, 1.165) is 6.07 Å². The second kappa shape index (κ2) is 7.98. The number of alkyl halides is 3. The van der Waals surface area contributed by atoms with Crippen LogP contribution in [0.3, 0.4) is 0 Å². The molecular weight excluding hydrogens is 448 g/mol. The lowest BCUT2D eigenvalue weighted by molar-refractivity contribution is -0.143. The van der Waals surface area contributed by atoms with E-state index in [0.29, 0.717) is 11.4 Å². The summed E-state index contributed by atoms with van der Waals surface area (Å²) >= 11 is 0. The molecule has 0 aliphatic rings. The van der Waals surface area contributed by atoms with Crippen LogP contribution in [-0.4, -0.2) is 25.1 Å². The predicted molar refractivity (Wildman–Crippen MR) is 106 cm³/mol. The van der Waals surface area contributed by atoms with Crippen molar-refractivity contribution in [2.45, 2.75) is 25.4 Å². The van der Waals surface area contributed by atoms with Crippen LogP contribution >= 0.6 is 0 Å². The molecule has 5 nitrogen and oxygen atoms in total. The van der Waals surface area contributed by atoms with Gasteiger partial charge in [0.2, 0.25) is 11.9 Å². The van der Waals surface area contributed by atoms with E-state index >= 15 is 0 Å². The van der Waals surface area contributed by atoms with Crippen molar-refractivity contribution in [3.8, 4) is 22.6 Å². The van der Waals surface area contributed by atoms with Crippen LogP contribution in [0.2, 0.25) is 0 Å². The smallest absolute Gasteiger partial charge is 0.270 e. The second-order valence-electron chi connectivity index (χ2n) is 7.67. The molecule has 0 radical (unpaired) electrons. The minimum absolute atomic E-state index is 0.00552. The molecule has 0 saturated heterocycles. The average molecular weight is 463 g/mol. The van der Waals surface area contributed by atoms with Gasteiger partial charge in [-0.25, -0.2) is 4.39 Å². The summed E-state index contributed by atoms with van der Waals surface area (Å²) in [5.41, 5.74) is -2.19. The zero-order chi connectivity index (χ0) is 24.0. The Hall–Kier alpha value is -3.76. The Morgan fingerprint density at radius 1 is 0.758 bits per heavy atom. The standard InChI is InChI=1S/C22H15F6N5/c1-21(2,14-7-3-5-12(29-14)11-9-10-16(23)31-20(11)25)15-8-4-6-13(30-15)18-17(24)19(33-32-18)22(26,27)28/h3-10H,1-2H3,(H,32,33). The lowest BCUT2D eigenvalue weighted by Crippen LogP contribution is -2.22. The molecule has 0 aromatic carbocycles. The molecule has 0 saturated carbocycles. The number of hydrogen-bond acceptors (Lipinski definition) is 4. The van der Waals surface area contributed by atoms with Gasteiger partial charge in [-0.1, -0.05) is 12.1 Å². The third kappa shape index (κ3) is 4.18. The molecule has 0 spiro atoms. The summed E-state index contributed by atoms with van der Waals surface area (Å²) in [4.78, 5) is 11.9. The van der Waals surface area contributed by atoms with E-state index in [1.165, 1.54) is 24.3 Å². The molecule has 0 atom stereocenters. The van der Waals surface area contributed by atoms with Crippen LogP contribution in [0.4, 0.5) is 26.3 Å². The molecule has 4 aromatic rings. The maximum Gasteiger partial charge on any atom is 0.435 e. The summed E-state index contributed by atoms with van der Waals surface area (Å²) in [6.45, 7) is 3.49. The van der Waals surface area contributed by atoms with Crippen LogP contribution in [-0.2, 0) is 11.6 Å². The summed E-state index contributed by atoms with van der Waals surface area (Å²) in [5.74, 6) is -3.54. The number of halogens is 6. The van der Waals surface area contributed by atoms with E-state index in [2.05, 4.69) is 20.1 Å². The first-order valence-electron chi connectivity index (χ1n) is 9.57. The molecule has 0 aliphatic carbocycles. The third-order valence-corrected chi connectivity index (χ3v) is 5.10. The number of nitrogens with one attached hydrogen (secondary N) is 1. The van der Waals surface area contributed by atoms with Crippen LogP contribution in [0.5, 0.6) is 0 Å². The highest BCUT2D eigenvalue weighted by Gasteiger charge is 2.38. The van der Waals surface area contributed by atoms with Crippen molar-refractivity contribution < 1.29 is 26.3 Å². The van der Waals surface area contributed by atoms with Gasteiger partial charge in [-0.15, -0.1) is 0 Å². The highest BCUT2D eigenvalue weighted by molar-refractivity contribution is 5.59. The van der Waals surface area contributed by atoms with Gasteiger partial charge in [-0.3, -0.25) is 15.1 Å². The van der Waals surface area contributed by atoms with E-state index < -0.39 is 40.7 Å². The van der Waals surface area contributed by atoms with Crippen LogP contribution in [0, 0.1) is 17.7 Å². The number of aromatic amines is 1. The largest absolute Gasteiger partial charge is 0.435 e. The summed E-state index contributed by atoms with van der Waals surface area (Å²) in [7, 11) is 0. The zero-order valence-corrected chi connectivity index (χ0v) is 17.2. The molecule has 0 unspecified atom stereocenters. The van der Waals surface area contributed by atoms with E-state index in [-0.39, 0.29) is 17.0 Å². The van der Waals surface area contributed by atoms with Gasteiger partial charge in [-0.2, -0.15) is 32.0 Å². The fraction of sp³-hybridized carbons (Fsp3) is 0.182. The molecule has 0 aliphatic heterocycles. The van der Waals surface area contributed by atoms with E-state index in [9.17, 15) is 26.3 Å². The minimum atomic E-state index is -4.93. The van der Waals surface area contributed by atoms with Gasteiger partial charge in [0, 0.05) is 5.41 Å². The van der Waals surface area contributed by atoms with E-state index in [4.69, 9.17) is 0 Å². The van der Waals surface area contributed by atoms with Crippen LogP contribution in [0.1, 0.15) is 30.9 Å². The van der Waals surface area contributed by atoms with Crippen molar-refractivity contribution in [3.63, 3.8) is 0 Å². The number of nitrogens with zero attached hydrogens (tertiary/aromatic N) is 4. The van der Waals surface area contributed by atoms with E-state index in [1.807, 2.05) is 0 Å². The maximum atomic E-state index is 14.3. The fourth-order valence-electron chi connectivity index (χ4n) is 3.27. The SMILES string of the molecule is CC(C)(c1cccc(-c2ccc(F)nc2F)n1)c1cccc(-c2n[nH]c(C(F)(F)F)c2F)n1. The normalized spacial score (nSPS) is 12.2. The minimum Gasteiger partial charge on any atom is -0.270 e. The maximum absolute atomic E-state index is 14.3. The number of H-pyrrole nitrogens is 1. The van der Waals surface area contributed by atoms with Gasteiger partial charge < -0.3 is 0 Å². The summed E-state index contributed by atoms with van der Waals surface area (Å²) in [6, 6.07) is 11.5. The van der Waals surface area contributed by atoms with E-state index in [1.54, 1.807) is 37.1 Å². The van der Waals surface area contributed by atoms with Crippen molar-refractivity contribution in [3.05, 3.63) is 83.3 Å². The Balaban J connectivity index is 1.74. The molecule has 33 heavy (non-hydrogen) atoms. The first kappa shape index (κ1) is 22.4. The molecule has 0 fully saturated rings. The molecule has 0 amide bonds. The number of hydrogen-bond donors (Lipinski definition) is 1. The highest BCUT2D eigenvalue weighted by atomic mass is 19.4. The van der Waals surface area contributed by atoms with Gasteiger partial charge in [0.1, 0.15) is 5.69 Å². The first-order chi connectivity index (χ1) is 15.5. The van der Waals surface area contributed by atoms with Crippen molar-refractivity contribution in [1.82, 2.24) is 25.1 Å². The Morgan fingerprint density at radius 3 is 1.94 bits per heavy atom. The molecular formula is C22H15F6N5. The monoisotopic (exact) mass is 463 g/mol. The Labute approximate surface area is 183 Å². The number of aromatic nitrogens is 5. The summed E-state index contributed by atoms with van der Waals surface area (Å²) < 4.78 is 80.3. The third-order valence-electron chi connectivity index (χ3n) is 5.10. The van der Waals surface area contributed by atoms with Gasteiger partial charge in [0.05, 0.1) is 28.3 Å².